The molecule has 0 radical (unpaired) electrons. The van der Waals surface area contributed by atoms with E-state index < -0.39 is 0 Å². The summed E-state index contributed by atoms with van der Waals surface area (Å²) in [6.07, 6.45) is 9.02. The molecule has 8 heteroatoms. The van der Waals surface area contributed by atoms with Gasteiger partial charge in [0.05, 0.1) is 0 Å². The van der Waals surface area contributed by atoms with Crippen LogP contribution in [0, 0.1) is 0 Å². The average Bonchev–Trinajstić information content (AvgIpc) is 3.94. The fourth-order valence-electron chi connectivity index (χ4n) is 11.3. The highest BCUT2D eigenvalue weighted by molar-refractivity contribution is 7.98. The predicted octanol–water partition coefficient (Wildman–Crippen LogP) is 11.0. The van der Waals surface area contributed by atoms with E-state index in [0.717, 1.165) is 0 Å². The lowest BCUT2D eigenvalue weighted by Crippen LogP contribution is -2.57. The number of thioether (sulfide) groups is 2. The van der Waals surface area contributed by atoms with Gasteiger partial charge in [0.2, 0.25) is 0 Å². The Morgan fingerprint density at radius 1 is 0.417 bits per heavy atom. The van der Waals surface area contributed by atoms with Crippen LogP contribution in [0.1, 0.15) is 0 Å². The second-order valence-electron chi connectivity index (χ2n) is 16.4. The summed E-state index contributed by atoms with van der Waals surface area (Å²) < 4.78 is 5.12. The van der Waals surface area contributed by atoms with Gasteiger partial charge in [-0.25, -0.2) is 0 Å². The third-order valence-electron chi connectivity index (χ3n) is 13.7. The molecule has 0 N–H and O–H groups in total. The van der Waals surface area contributed by atoms with Gasteiger partial charge in [-0.1, -0.05) is 84.9 Å². The van der Waals surface area contributed by atoms with Gasteiger partial charge in [-0.05, 0) is 152 Å². The van der Waals surface area contributed by atoms with Gasteiger partial charge in [0.15, 0.2) is 0 Å². The standard InChI is InChI=1S/C52H34B2N4S2/c1-59-35-19-21-41-43(27-35)57(33-13-5-3-6-14-33)45-29-39-40(47-37-17-9-11-31-23-25-55(51(31)37)53(41)49(45)47)30-46-50-48(39)38-18-10-12-32-24-26-56(52(32)38)54(50)42-22-20-36(60-2)28-44(42)58(46)34-15-7-4-8-16-34/h3-30H,1-2H3. The number of anilines is 6. The smallest absolute Gasteiger partial charge is 0.332 e. The van der Waals surface area contributed by atoms with E-state index in [1.54, 1.807) is 0 Å². The first-order valence-corrected chi connectivity index (χ1v) is 23.1. The fraction of sp³-hybridized carbons (Fsp3) is 0.0385. The Hall–Kier alpha value is -6.47. The maximum atomic E-state index is 2.57. The van der Waals surface area contributed by atoms with E-state index in [1.165, 1.54) is 121 Å². The highest BCUT2D eigenvalue weighted by Crippen LogP contribution is 2.51. The van der Waals surface area contributed by atoms with Crippen LogP contribution < -0.4 is 31.7 Å². The zero-order valence-corrected chi connectivity index (χ0v) is 34.6. The van der Waals surface area contributed by atoms with Gasteiger partial charge in [-0.3, -0.25) is 0 Å². The van der Waals surface area contributed by atoms with E-state index in [4.69, 9.17) is 0 Å². The van der Waals surface area contributed by atoms with Gasteiger partial charge in [0.25, 0.3) is 0 Å². The van der Waals surface area contributed by atoms with Gasteiger partial charge < -0.3 is 18.8 Å². The van der Waals surface area contributed by atoms with Crippen molar-refractivity contribution in [2.45, 2.75) is 9.79 Å². The molecule has 0 spiro atoms. The second-order valence-corrected chi connectivity index (χ2v) is 18.2. The third kappa shape index (κ3) is 4.17. The van der Waals surface area contributed by atoms with E-state index in [9.17, 15) is 0 Å². The first-order chi connectivity index (χ1) is 29.7. The molecule has 0 unspecified atom stereocenters. The lowest BCUT2D eigenvalue weighted by Gasteiger charge is -2.43. The van der Waals surface area contributed by atoms with E-state index in [1.807, 2.05) is 23.5 Å². The minimum absolute atomic E-state index is 0.00792. The number of rotatable bonds is 4. The van der Waals surface area contributed by atoms with Gasteiger partial charge in [-0.2, -0.15) is 0 Å². The Morgan fingerprint density at radius 3 is 1.30 bits per heavy atom. The van der Waals surface area contributed by atoms with Crippen molar-refractivity contribution in [1.82, 2.24) is 8.96 Å². The summed E-state index contributed by atoms with van der Waals surface area (Å²) in [7, 11) is 0. The first-order valence-electron chi connectivity index (χ1n) is 20.6. The molecule has 0 atom stereocenters. The summed E-state index contributed by atoms with van der Waals surface area (Å²) in [4.78, 5) is 7.64. The molecule has 0 aliphatic carbocycles. The van der Waals surface area contributed by atoms with Crippen molar-refractivity contribution in [2.75, 3.05) is 22.3 Å². The maximum Gasteiger partial charge on any atom is 0.332 e. The minimum Gasteiger partial charge on any atom is -0.382 e. The quantitative estimate of drug-likeness (QED) is 0.130. The molecule has 0 saturated heterocycles. The molecule has 2 aromatic heterocycles. The van der Waals surface area contributed by atoms with Crippen LogP contribution in [-0.2, 0) is 0 Å². The Balaban J connectivity index is 1.22. The van der Waals surface area contributed by atoms with Crippen LogP contribution in [0.25, 0.3) is 54.8 Å². The second kappa shape index (κ2) is 12.1. The molecule has 6 heterocycles. The summed E-state index contributed by atoms with van der Waals surface area (Å²) in [5, 5.41) is 5.14. The molecule has 14 rings (SSSR count). The van der Waals surface area contributed by atoms with E-state index in [-0.39, 0.29) is 13.7 Å². The molecule has 4 nitrogen and oxygen atoms in total. The number of hydrogen-bond acceptors (Lipinski definition) is 4. The molecule has 0 fully saturated rings. The summed E-state index contributed by atoms with van der Waals surface area (Å²) >= 11 is 3.61. The summed E-state index contributed by atoms with van der Waals surface area (Å²) in [5.41, 5.74) is 20.6. The number of para-hydroxylation sites is 4. The Labute approximate surface area is 357 Å². The highest BCUT2D eigenvalue weighted by Gasteiger charge is 2.46. The number of nitrogens with zero attached hydrogens (tertiary/aromatic N) is 4. The normalized spacial score (nSPS) is 13.8. The van der Waals surface area contributed by atoms with Gasteiger partial charge in [0.1, 0.15) is 0 Å². The highest BCUT2D eigenvalue weighted by atomic mass is 32.2. The van der Waals surface area contributed by atoms with Crippen LogP contribution >= 0.6 is 23.5 Å². The van der Waals surface area contributed by atoms with Crippen molar-refractivity contribution >= 4 is 126 Å². The first kappa shape index (κ1) is 33.4. The Morgan fingerprint density at radius 2 is 0.867 bits per heavy atom. The molecular weight excluding hydrogens is 766 g/mol. The Bertz CT molecular complexity index is 3270. The lowest BCUT2D eigenvalue weighted by atomic mass is 9.43. The van der Waals surface area contributed by atoms with Gasteiger partial charge >= 0.3 is 13.7 Å². The average molecular weight is 801 g/mol. The van der Waals surface area contributed by atoms with Crippen molar-refractivity contribution in [3.05, 3.63) is 170 Å². The largest absolute Gasteiger partial charge is 0.382 e. The molecule has 10 aromatic rings. The molecule has 0 saturated carbocycles. The molecule has 60 heavy (non-hydrogen) atoms. The molecular formula is C52H34B2N4S2. The number of hydrogen-bond donors (Lipinski definition) is 0. The van der Waals surface area contributed by atoms with Crippen LogP contribution in [-0.4, -0.2) is 35.2 Å². The van der Waals surface area contributed by atoms with E-state index in [2.05, 4.69) is 201 Å². The molecule has 4 aliphatic rings. The summed E-state index contributed by atoms with van der Waals surface area (Å²) in [5.74, 6) is 0. The number of fused-ring (bicyclic) bond motifs is 11. The number of benzene rings is 8. The molecule has 4 aliphatic heterocycles. The van der Waals surface area contributed by atoms with Crippen molar-refractivity contribution in [3.8, 4) is 22.3 Å². The predicted molar refractivity (Wildman–Crippen MR) is 260 cm³/mol. The molecule has 8 aromatic carbocycles. The zero-order valence-electron chi connectivity index (χ0n) is 32.9. The van der Waals surface area contributed by atoms with Crippen molar-refractivity contribution in [1.29, 1.82) is 0 Å². The van der Waals surface area contributed by atoms with Crippen LogP contribution in [0.2, 0.25) is 0 Å². The van der Waals surface area contributed by atoms with Crippen LogP contribution in [0.5, 0.6) is 0 Å². The SMILES string of the molecule is CSc1ccc2c(c1)N(c1ccccc1)c1cc3c4c5c(cc3c3c1B2n1ccc2cccc-3c21)N(c1ccccc1)c1cc(SC)ccc1B5n1ccc2cccc-4c21. The van der Waals surface area contributed by atoms with Crippen LogP contribution in [0.15, 0.2) is 180 Å². The fourth-order valence-corrected chi connectivity index (χ4v) is 12.2. The summed E-state index contributed by atoms with van der Waals surface area (Å²) in [6.45, 7) is 0.0158. The number of aromatic nitrogens is 2. The van der Waals surface area contributed by atoms with E-state index in [0.29, 0.717) is 0 Å². The molecule has 0 amide bonds. The van der Waals surface area contributed by atoms with E-state index >= 15 is 0 Å². The topological polar surface area (TPSA) is 16.3 Å². The molecule has 0 bridgehead atoms. The molecule has 280 valence electrons. The van der Waals surface area contributed by atoms with Crippen LogP contribution in [0.3, 0.4) is 0 Å². The zero-order chi connectivity index (χ0) is 39.4. The lowest BCUT2D eigenvalue weighted by molar-refractivity contribution is 1.22. The van der Waals surface area contributed by atoms with Crippen LogP contribution in [0.4, 0.5) is 34.1 Å². The monoisotopic (exact) mass is 800 g/mol. The van der Waals surface area contributed by atoms with Crippen molar-refractivity contribution in [3.63, 3.8) is 0 Å². The van der Waals surface area contributed by atoms with Gasteiger partial charge in [-0.15, -0.1) is 23.5 Å². The Kier molecular flexibility index (Phi) is 6.71. The third-order valence-corrected chi connectivity index (χ3v) is 15.1. The maximum absolute atomic E-state index is 2.57. The summed E-state index contributed by atoms with van der Waals surface area (Å²) in [6, 6.07) is 59.9. The van der Waals surface area contributed by atoms with Gasteiger partial charge in [0, 0.05) is 66.1 Å². The van der Waals surface area contributed by atoms with Crippen molar-refractivity contribution in [2.24, 2.45) is 0 Å². The van der Waals surface area contributed by atoms with Crippen molar-refractivity contribution < 1.29 is 0 Å². The minimum atomic E-state index is 0.00792.